The van der Waals surface area contributed by atoms with Crippen molar-refractivity contribution in [1.82, 2.24) is 5.32 Å². The Balaban J connectivity index is 1.87. The molecule has 0 spiro atoms. The Morgan fingerprint density at radius 2 is 2.10 bits per heavy atom. The Hall–Kier alpha value is -0.910. The van der Waals surface area contributed by atoms with E-state index in [0.717, 1.165) is 11.3 Å². The van der Waals surface area contributed by atoms with Gasteiger partial charge in [0.15, 0.2) is 0 Å². The zero-order valence-corrected chi connectivity index (χ0v) is 13.5. The van der Waals surface area contributed by atoms with E-state index < -0.39 is 11.9 Å². The molecule has 2 rings (SSSR count). The van der Waals surface area contributed by atoms with E-state index in [0.29, 0.717) is 22.9 Å². The molecule has 0 aliphatic heterocycles. The molecule has 1 aliphatic rings. The second-order valence-corrected chi connectivity index (χ2v) is 6.77. The van der Waals surface area contributed by atoms with Crippen molar-refractivity contribution in [1.29, 1.82) is 0 Å². The molecule has 0 bridgehead atoms. The maximum Gasteiger partial charge on any atom is 0.308 e. The van der Waals surface area contributed by atoms with Crippen LogP contribution < -0.4 is 5.32 Å². The smallest absolute Gasteiger partial charge is 0.308 e. The second kappa shape index (κ2) is 7.38. The summed E-state index contributed by atoms with van der Waals surface area (Å²) in [6.45, 7) is 0. The summed E-state index contributed by atoms with van der Waals surface area (Å²) in [7, 11) is 0. The number of rotatable bonds is 5. The molecule has 21 heavy (non-hydrogen) atoms. The lowest BCUT2D eigenvalue weighted by molar-refractivity contribution is -0.142. The van der Waals surface area contributed by atoms with E-state index in [-0.39, 0.29) is 17.7 Å². The van der Waals surface area contributed by atoms with E-state index in [1.165, 1.54) is 11.8 Å². The van der Waals surface area contributed by atoms with Crippen LogP contribution in [0.2, 0.25) is 10.0 Å². The molecule has 7 heteroatoms. The number of benzene rings is 1. The quantitative estimate of drug-likeness (QED) is 0.800. The minimum absolute atomic E-state index is 0.183. The maximum absolute atomic E-state index is 11.9. The molecule has 2 N–H and O–H groups in total. The van der Waals surface area contributed by atoms with Gasteiger partial charge in [0.1, 0.15) is 0 Å². The number of thioether (sulfide) groups is 1. The minimum atomic E-state index is -0.844. The Bertz CT molecular complexity index is 553. The van der Waals surface area contributed by atoms with Gasteiger partial charge in [0, 0.05) is 16.0 Å². The van der Waals surface area contributed by atoms with Gasteiger partial charge in [-0.25, -0.2) is 0 Å². The largest absolute Gasteiger partial charge is 0.481 e. The van der Waals surface area contributed by atoms with E-state index in [1.807, 2.05) is 0 Å². The average molecular weight is 348 g/mol. The summed E-state index contributed by atoms with van der Waals surface area (Å²) in [4.78, 5) is 23.7. The second-order valence-electron chi connectivity index (χ2n) is 4.91. The zero-order chi connectivity index (χ0) is 15.4. The Morgan fingerprint density at radius 1 is 1.33 bits per heavy atom. The lowest BCUT2D eigenvalue weighted by atomic mass is 10.0. The Kier molecular flexibility index (Phi) is 5.79. The Labute approximate surface area is 137 Å². The highest BCUT2D eigenvalue weighted by atomic mass is 35.5. The zero-order valence-electron chi connectivity index (χ0n) is 11.1. The summed E-state index contributed by atoms with van der Waals surface area (Å²) in [5, 5.41) is 13.0. The van der Waals surface area contributed by atoms with Gasteiger partial charge in [0.05, 0.1) is 16.7 Å². The fourth-order valence-corrected chi connectivity index (χ4v) is 3.71. The van der Waals surface area contributed by atoms with Gasteiger partial charge >= 0.3 is 5.97 Å². The van der Waals surface area contributed by atoms with Gasteiger partial charge in [-0.3, -0.25) is 9.59 Å². The number of carbonyl (C=O) groups excluding carboxylic acids is 1. The van der Waals surface area contributed by atoms with Gasteiger partial charge in [0.25, 0.3) is 0 Å². The molecule has 1 fully saturated rings. The van der Waals surface area contributed by atoms with Crippen molar-refractivity contribution in [2.75, 3.05) is 5.75 Å². The summed E-state index contributed by atoms with van der Waals surface area (Å²) in [6.07, 6.45) is 2.16. The minimum Gasteiger partial charge on any atom is -0.481 e. The van der Waals surface area contributed by atoms with Gasteiger partial charge < -0.3 is 10.4 Å². The topological polar surface area (TPSA) is 66.4 Å². The van der Waals surface area contributed by atoms with Crippen LogP contribution in [0.15, 0.2) is 23.1 Å². The molecular weight excluding hydrogens is 333 g/mol. The van der Waals surface area contributed by atoms with E-state index in [2.05, 4.69) is 5.32 Å². The first-order valence-corrected chi connectivity index (χ1v) is 8.31. The van der Waals surface area contributed by atoms with E-state index in [9.17, 15) is 9.59 Å². The van der Waals surface area contributed by atoms with Crippen molar-refractivity contribution >= 4 is 46.8 Å². The lowest BCUT2D eigenvalue weighted by Crippen LogP contribution is -2.41. The number of amides is 1. The van der Waals surface area contributed by atoms with Crippen LogP contribution in [0.1, 0.15) is 19.3 Å². The average Bonchev–Trinajstić information content (AvgIpc) is 2.88. The van der Waals surface area contributed by atoms with Crippen LogP contribution in [0, 0.1) is 5.92 Å². The first-order chi connectivity index (χ1) is 9.97. The number of carboxylic acids is 1. The molecular formula is C14H15Cl2NO3S. The molecule has 0 radical (unpaired) electrons. The van der Waals surface area contributed by atoms with Crippen LogP contribution in [0.3, 0.4) is 0 Å². The molecule has 2 unspecified atom stereocenters. The van der Waals surface area contributed by atoms with Gasteiger partial charge in [-0.1, -0.05) is 29.6 Å². The molecule has 0 saturated heterocycles. The summed E-state index contributed by atoms with van der Waals surface area (Å²) in [6, 6.07) is 4.80. The summed E-state index contributed by atoms with van der Waals surface area (Å²) < 4.78 is 0. The summed E-state index contributed by atoms with van der Waals surface area (Å²) in [5.41, 5.74) is 0. The van der Waals surface area contributed by atoms with Gasteiger partial charge in [-0.2, -0.15) is 0 Å². The SMILES string of the molecule is O=C(CSc1cc(Cl)ccc1Cl)NC1CCCC1C(=O)O. The van der Waals surface area contributed by atoms with Crippen molar-refractivity contribution in [3.8, 4) is 0 Å². The first-order valence-electron chi connectivity index (χ1n) is 6.57. The highest BCUT2D eigenvalue weighted by Gasteiger charge is 2.33. The number of aliphatic carboxylic acids is 1. The molecule has 2 atom stereocenters. The third kappa shape index (κ3) is 4.53. The molecule has 0 heterocycles. The molecule has 4 nitrogen and oxygen atoms in total. The predicted molar refractivity (Wildman–Crippen MR) is 84.1 cm³/mol. The number of carboxylic acid groups (broad SMARTS) is 1. The predicted octanol–water partition coefficient (Wildman–Crippen LogP) is 3.46. The van der Waals surface area contributed by atoms with Crippen molar-refractivity contribution < 1.29 is 14.7 Å². The number of halogens is 2. The third-order valence-corrected chi connectivity index (χ3v) is 5.16. The van der Waals surface area contributed by atoms with E-state index in [1.54, 1.807) is 18.2 Å². The van der Waals surface area contributed by atoms with Crippen LogP contribution in [0.5, 0.6) is 0 Å². The van der Waals surface area contributed by atoms with Crippen LogP contribution in [-0.2, 0) is 9.59 Å². The number of hydrogen-bond donors (Lipinski definition) is 2. The number of hydrogen-bond acceptors (Lipinski definition) is 3. The fraction of sp³-hybridized carbons (Fsp3) is 0.429. The van der Waals surface area contributed by atoms with Crippen LogP contribution in [0.4, 0.5) is 0 Å². The molecule has 114 valence electrons. The molecule has 1 amide bonds. The van der Waals surface area contributed by atoms with Crippen molar-refractivity contribution in [3.05, 3.63) is 28.2 Å². The van der Waals surface area contributed by atoms with Crippen LogP contribution >= 0.6 is 35.0 Å². The number of carbonyl (C=O) groups is 2. The lowest BCUT2D eigenvalue weighted by Gasteiger charge is -2.17. The van der Waals surface area contributed by atoms with E-state index >= 15 is 0 Å². The van der Waals surface area contributed by atoms with Crippen molar-refractivity contribution in [2.24, 2.45) is 5.92 Å². The fourth-order valence-electron chi connectivity index (χ4n) is 2.41. The normalized spacial score (nSPS) is 21.2. The monoisotopic (exact) mass is 347 g/mol. The van der Waals surface area contributed by atoms with Gasteiger partial charge in [-0.15, -0.1) is 11.8 Å². The highest BCUT2D eigenvalue weighted by Crippen LogP contribution is 2.30. The maximum atomic E-state index is 11.9. The number of nitrogens with one attached hydrogen (secondary N) is 1. The standard InChI is InChI=1S/C14H15Cl2NO3S/c15-8-4-5-10(16)12(6-8)21-7-13(18)17-11-3-1-2-9(11)14(19)20/h4-6,9,11H,1-3,7H2,(H,17,18)(H,19,20). The highest BCUT2D eigenvalue weighted by molar-refractivity contribution is 8.00. The molecule has 1 aliphatic carbocycles. The van der Waals surface area contributed by atoms with Crippen LogP contribution in [0.25, 0.3) is 0 Å². The first kappa shape index (κ1) is 16.5. The van der Waals surface area contributed by atoms with E-state index in [4.69, 9.17) is 28.3 Å². The van der Waals surface area contributed by atoms with Crippen molar-refractivity contribution in [3.63, 3.8) is 0 Å². The van der Waals surface area contributed by atoms with Gasteiger partial charge in [0.2, 0.25) is 5.91 Å². The summed E-state index contributed by atoms with van der Waals surface area (Å²) in [5.74, 6) is -1.32. The Morgan fingerprint density at radius 3 is 2.81 bits per heavy atom. The molecule has 1 aromatic carbocycles. The molecule has 1 saturated carbocycles. The van der Waals surface area contributed by atoms with Crippen molar-refractivity contribution in [2.45, 2.75) is 30.2 Å². The summed E-state index contributed by atoms with van der Waals surface area (Å²) >= 11 is 13.2. The van der Waals surface area contributed by atoms with Crippen LogP contribution in [-0.4, -0.2) is 28.8 Å². The molecule has 0 aromatic heterocycles. The molecule has 1 aromatic rings. The van der Waals surface area contributed by atoms with Gasteiger partial charge in [-0.05, 0) is 31.0 Å². The third-order valence-electron chi connectivity index (χ3n) is 3.43.